The van der Waals surface area contributed by atoms with Gasteiger partial charge in [-0.3, -0.25) is 4.79 Å². The largest absolute Gasteiger partial charge is 0.508 e. The summed E-state index contributed by atoms with van der Waals surface area (Å²) in [5, 5.41) is 17.2. The average molecular weight is 436 g/mol. The van der Waals surface area contributed by atoms with Gasteiger partial charge < -0.3 is 26.2 Å². The highest BCUT2D eigenvalue weighted by atomic mass is 16.5. The highest BCUT2D eigenvalue weighted by Gasteiger charge is 2.25. The number of esters is 1. The quantitative estimate of drug-likeness (QED) is 0.221. The summed E-state index contributed by atoms with van der Waals surface area (Å²) in [5.41, 5.74) is 6.88. The molecule has 2 atom stereocenters. The molecule has 0 spiro atoms. The molecule has 5 N–H and O–H groups in total. The number of nitrogens with two attached hydrogens (primary N) is 1. The van der Waals surface area contributed by atoms with Crippen molar-refractivity contribution in [3.63, 3.8) is 0 Å². The summed E-state index contributed by atoms with van der Waals surface area (Å²) in [5.74, 6) is -0.382. The Hall–Kier alpha value is -3.42. The topological polar surface area (TPSA) is 114 Å². The van der Waals surface area contributed by atoms with Gasteiger partial charge in [0.15, 0.2) is 0 Å². The van der Waals surface area contributed by atoms with E-state index in [0.717, 1.165) is 16.3 Å². The average Bonchev–Trinajstić information content (AvgIpc) is 2.79. The fraction of sp³-hybridized carbons (Fsp3) is 0.280. The zero-order valence-electron chi connectivity index (χ0n) is 18.1. The van der Waals surface area contributed by atoms with Gasteiger partial charge in [0.1, 0.15) is 17.5 Å². The van der Waals surface area contributed by atoms with E-state index in [-0.39, 0.29) is 12.2 Å². The van der Waals surface area contributed by atoms with Gasteiger partial charge in [-0.05, 0) is 73.5 Å². The Morgan fingerprint density at radius 3 is 2.47 bits per heavy atom. The minimum atomic E-state index is -0.834. The number of benzene rings is 3. The summed E-state index contributed by atoms with van der Waals surface area (Å²) in [6.45, 7) is 0.704. The minimum absolute atomic E-state index is 0.146. The highest BCUT2D eigenvalue weighted by molar-refractivity contribution is 5.89. The second kappa shape index (κ2) is 11.3. The number of hydrogen-bond donors (Lipinski definition) is 4. The van der Waals surface area contributed by atoms with E-state index in [2.05, 4.69) is 10.6 Å². The van der Waals surface area contributed by atoms with Crippen LogP contribution in [-0.2, 0) is 16.0 Å². The third-order valence-electron chi connectivity index (χ3n) is 5.19. The van der Waals surface area contributed by atoms with Gasteiger partial charge in [-0.1, -0.05) is 42.5 Å². The first-order valence-electron chi connectivity index (χ1n) is 10.6. The van der Waals surface area contributed by atoms with Crippen LogP contribution < -0.4 is 21.1 Å². The van der Waals surface area contributed by atoms with E-state index in [0.29, 0.717) is 25.1 Å². The number of hydrogen-bond acceptors (Lipinski definition) is 6. The van der Waals surface area contributed by atoms with Gasteiger partial charge in [0.25, 0.3) is 0 Å². The number of phenols is 1. The van der Waals surface area contributed by atoms with Gasteiger partial charge >= 0.3 is 5.97 Å². The zero-order valence-corrected chi connectivity index (χ0v) is 18.1. The first-order chi connectivity index (χ1) is 15.5. The predicted molar refractivity (Wildman–Crippen MR) is 124 cm³/mol. The number of nitrogens with one attached hydrogen (secondary N) is 2. The van der Waals surface area contributed by atoms with Gasteiger partial charge in [-0.2, -0.15) is 0 Å². The fourth-order valence-corrected chi connectivity index (χ4v) is 3.41. The van der Waals surface area contributed by atoms with Crippen molar-refractivity contribution in [2.24, 2.45) is 5.73 Å². The molecule has 0 unspecified atom stereocenters. The van der Waals surface area contributed by atoms with Gasteiger partial charge in [-0.25, -0.2) is 4.79 Å². The lowest BCUT2D eigenvalue weighted by atomic mass is 10.0. The van der Waals surface area contributed by atoms with Crippen LogP contribution in [0.4, 0.5) is 0 Å². The first kappa shape index (κ1) is 23.2. The Kier molecular flexibility index (Phi) is 8.19. The van der Waals surface area contributed by atoms with Gasteiger partial charge in [0, 0.05) is 0 Å². The molecule has 0 fully saturated rings. The predicted octanol–water partition coefficient (Wildman–Crippen LogP) is 2.51. The molecule has 0 radical (unpaired) electrons. The van der Waals surface area contributed by atoms with Crippen molar-refractivity contribution in [1.82, 2.24) is 10.6 Å². The number of rotatable bonds is 10. The van der Waals surface area contributed by atoms with E-state index >= 15 is 0 Å². The molecule has 0 saturated heterocycles. The molecule has 3 aromatic rings. The Bertz CT molecular complexity index is 1050. The molecule has 0 aliphatic carbocycles. The summed E-state index contributed by atoms with van der Waals surface area (Å²) < 4.78 is 5.58. The molecule has 0 aliphatic rings. The van der Waals surface area contributed by atoms with Crippen molar-refractivity contribution in [2.75, 3.05) is 13.6 Å². The van der Waals surface area contributed by atoms with Gasteiger partial charge in [0.05, 0.1) is 6.04 Å². The van der Waals surface area contributed by atoms with Crippen LogP contribution in [0.25, 0.3) is 10.8 Å². The summed E-state index contributed by atoms with van der Waals surface area (Å²) in [7, 11) is 1.83. The smallest absolute Gasteiger partial charge is 0.334 e. The van der Waals surface area contributed by atoms with Crippen LogP contribution in [0.1, 0.15) is 18.4 Å². The molecule has 1 amide bonds. The van der Waals surface area contributed by atoms with E-state index in [4.69, 9.17) is 10.5 Å². The first-order valence-corrected chi connectivity index (χ1v) is 10.6. The molecule has 0 saturated carbocycles. The molecule has 32 heavy (non-hydrogen) atoms. The molecule has 3 aromatic carbocycles. The molecular formula is C25H29N3O4. The Balaban J connectivity index is 1.65. The minimum Gasteiger partial charge on any atom is -0.508 e. The van der Waals surface area contributed by atoms with Crippen LogP contribution in [-0.4, -0.2) is 42.7 Å². The zero-order chi connectivity index (χ0) is 22.9. The molecule has 7 heteroatoms. The molecule has 0 bridgehead atoms. The van der Waals surface area contributed by atoms with Crippen molar-refractivity contribution in [3.8, 4) is 11.5 Å². The van der Waals surface area contributed by atoms with Gasteiger partial charge in [-0.15, -0.1) is 0 Å². The van der Waals surface area contributed by atoms with Crippen LogP contribution in [0.15, 0.2) is 66.7 Å². The number of carbonyl (C=O) groups is 2. The lowest BCUT2D eigenvalue weighted by molar-refractivity contribution is -0.139. The van der Waals surface area contributed by atoms with Crippen LogP contribution in [0, 0.1) is 0 Å². The molecule has 0 aliphatic heterocycles. The summed E-state index contributed by atoms with van der Waals surface area (Å²) in [4.78, 5) is 25.6. The van der Waals surface area contributed by atoms with Crippen LogP contribution in [0.2, 0.25) is 0 Å². The summed E-state index contributed by atoms with van der Waals surface area (Å²) >= 11 is 0. The maximum absolute atomic E-state index is 12.9. The maximum Gasteiger partial charge on any atom is 0.334 e. The van der Waals surface area contributed by atoms with Crippen molar-refractivity contribution in [1.29, 1.82) is 0 Å². The maximum atomic E-state index is 12.9. The van der Waals surface area contributed by atoms with Crippen molar-refractivity contribution < 1.29 is 19.4 Å². The molecule has 168 valence electrons. The molecule has 3 rings (SSSR count). The SMILES string of the molecule is CNCCC[C@H](NC(=O)[C@@H](N)Cc1ccc(O)cc1)C(=O)Oc1ccc2ccccc2c1. The molecule has 0 heterocycles. The third kappa shape index (κ3) is 6.54. The second-order valence-electron chi connectivity index (χ2n) is 7.71. The lowest BCUT2D eigenvalue weighted by Gasteiger charge is -2.20. The molecular weight excluding hydrogens is 406 g/mol. The standard InChI is InChI=1S/C25H29N3O4/c1-27-14-4-7-23(28-24(30)22(26)15-17-8-11-20(29)12-9-17)25(31)32-21-13-10-18-5-2-3-6-19(18)16-21/h2-3,5-6,8-13,16,22-23,27,29H,4,7,14-15,26H2,1H3,(H,28,30)/t22-,23-/m0/s1. The van der Waals surface area contributed by atoms with Crippen LogP contribution >= 0.6 is 0 Å². The lowest BCUT2D eigenvalue weighted by Crippen LogP contribution is -2.50. The summed E-state index contributed by atoms with van der Waals surface area (Å²) in [6.07, 6.45) is 1.39. The van der Waals surface area contributed by atoms with Crippen LogP contribution in [0.5, 0.6) is 11.5 Å². The van der Waals surface area contributed by atoms with Crippen LogP contribution in [0.3, 0.4) is 0 Å². The Morgan fingerprint density at radius 2 is 1.75 bits per heavy atom. The monoisotopic (exact) mass is 435 g/mol. The number of amides is 1. The number of phenolic OH excluding ortho intramolecular Hbond substituents is 1. The van der Waals surface area contributed by atoms with E-state index in [9.17, 15) is 14.7 Å². The number of aromatic hydroxyl groups is 1. The Labute approximate surface area is 187 Å². The van der Waals surface area contributed by atoms with E-state index in [1.807, 2.05) is 37.4 Å². The van der Waals surface area contributed by atoms with E-state index < -0.39 is 24.0 Å². The number of ether oxygens (including phenoxy) is 1. The Morgan fingerprint density at radius 1 is 1.03 bits per heavy atom. The van der Waals surface area contributed by atoms with E-state index in [1.165, 1.54) is 0 Å². The number of carbonyl (C=O) groups excluding carboxylic acids is 2. The normalized spacial score (nSPS) is 12.8. The fourth-order valence-electron chi connectivity index (χ4n) is 3.41. The van der Waals surface area contributed by atoms with Crippen molar-refractivity contribution >= 4 is 22.6 Å². The van der Waals surface area contributed by atoms with Crippen molar-refractivity contribution in [2.45, 2.75) is 31.3 Å². The van der Waals surface area contributed by atoms with Crippen molar-refractivity contribution in [3.05, 3.63) is 72.3 Å². The van der Waals surface area contributed by atoms with E-state index in [1.54, 1.807) is 36.4 Å². The third-order valence-corrected chi connectivity index (χ3v) is 5.19. The highest BCUT2D eigenvalue weighted by Crippen LogP contribution is 2.21. The number of fused-ring (bicyclic) bond motifs is 1. The molecule has 0 aromatic heterocycles. The van der Waals surface area contributed by atoms with Gasteiger partial charge in [0.2, 0.25) is 5.91 Å². The second-order valence-corrected chi connectivity index (χ2v) is 7.71. The summed E-state index contributed by atoms with van der Waals surface area (Å²) in [6, 6.07) is 18.1. The molecule has 7 nitrogen and oxygen atoms in total.